The van der Waals surface area contributed by atoms with Gasteiger partial charge in [0.1, 0.15) is 6.61 Å². The van der Waals surface area contributed by atoms with Crippen molar-refractivity contribution >= 4 is 5.97 Å². The number of carbonyl (C=O) groups excluding carboxylic acids is 1. The molecule has 0 N–H and O–H groups in total. The van der Waals surface area contributed by atoms with Crippen molar-refractivity contribution in [1.82, 2.24) is 0 Å². The normalized spacial score (nSPS) is 12.1. The molecule has 0 aliphatic carbocycles. The van der Waals surface area contributed by atoms with Crippen molar-refractivity contribution in [3.63, 3.8) is 0 Å². The third-order valence-corrected chi connectivity index (χ3v) is 3.69. The van der Waals surface area contributed by atoms with E-state index in [1.165, 1.54) is 0 Å². The zero-order valence-electron chi connectivity index (χ0n) is 14.5. The van der Waals surface area contributed by atoms with Crippen molar-refractivity contribution < 1.29 is 19.0 Å². The van der Waals surface area contributed by atoms with E-state index in [9.17, 15) is 4.79 Å². The van der Waals surface area contributed by atoms with Crippen LogP contribution in [-0.2, 0) is 25.6 Å². The lowest BCUT2D eigenvalue weighted by atomic mass is 10.00. The fourth-order valence-corrected chi connectivity index (χ4v) is 2.24. The molecular formula is C19H30O4. The Morgan fingerprint density at radius 1 is 1.00 bits per heavy atom. The van der Waals surface area contributed by atoms with Crippen LogP contribution in [0.1, 0.15) is 45.1 Å². The molecule has 0 heterocycles. The van der Waals surface area contributed by atoms with Crippen LogP contribution in [0.4, 0.5) is 0 Å². The summed E-state index contributed by atoms with van der Waals surface area (Å²) in [6.07, 6.45) is 3.94. The zero-order valence-corrected chi connectivity index (χ0v) is 14.5. The van der Waals surface area contributed by atoms with Crippen LogP contribution in [0.2, 0.25) is 0 Å². The second-order valence-electron chi connectivity index (χ2n) is 5.57. The monoisotopic (exact) mass is 322 g/mol. The Labute approximate surface area is 140 Å². The molecule has 1 rings (SSSR count). The maximum Gasteiger partial charge on any atom is 0.308 e. The minimum absolute atomic E-state index is 0.0316. The lowest BCUT2D eigenvalue weighted by molar-refractivity contribution is -0.150. The first-order valence-electron chi connectivity index (χ1n) is 8.64. The lowest BCUT2D eigenvalue weighted by Crippen LogP contribution is -2.20. The van der Waals surface area contributed by atoms with Gasteiger partial charge < -0.3 is 14.2 Å². The largest absolute Gasteiger partial charge is 0.463 e. The standard InChI is InChI=1S/C19H30O4/c1-3-5-11-18(4-2)19(20)23-15-14-21-12-13-22-16-17-9-7-6-8-10-17/h6-10,18H,3-5,11-16H2,1-2H3. The lowest BCUT2D eigenvalue weighted by Gasteiger charge is -2.13. The van der Waals surface area contributed by atoms with Gasteiger partial charge in [-0.1, -0.05) is 57.0 Å². The second-order valence-corrected chi connectivity index (χ2v) is 5.57. The van der Waals surface area contributed by atoms with Gasteiger partial charge in [0.05, 0.1) is 32.3 Å². The van der Waals surface area contributed by atoms with Gasteiger partial charge in [-0.3, -0.25) is 4.79 Å². The fraction of sp³-hybridized carbons (Fsp3) is 0.632. The number of carbonyl (C=O) groups is 1. The highest BCUT2D eigenvalue weighted by atomic mass is 16.6. The first-order valence-corrected chi connectivity index (χ1v) is 8.64. The van der Waals surface area contributed by atoms with Crippen LogP contribution < -0.4 is 0 Å². The van der Waals surface area contributed by atoms with Crippen molar-refractivity contribution in [2.75, 3.05) is 26.4 Å². The molecule has 1 unspecified atom stereocenters. The highest BCUT2D eigenvalue weighted by Crippen LogP contribution is 2.14. The molecule has 23 heavy (non-hydrogen) atoms. The molecule has 0 aliphatic rings. The predicted molar refractivity (Wildman–Crippen MR) is 91.2 cm³/mol. The third-order valence-electron chi connectivity index (χ3n) is 3.69. The van der Waals surface area contributed by atoms with Crippen LogP contribution in [-0.4, -0.2) is 32.4 Å². The topological polar surface area (TPSA) is 44.8 Å². The van der Waals surface area contributed by atoms with Crippen molar-refractivity contribution in [1.29, 1.82) is 0 Å². The van der Waals surface area contributed by atoms with E-state index in [1.807, 2.05) is 37.3 Å². The Balaban J connectivity index is 1.97. The molecular weight excluding hydrogens is 292 g/mol. The Kier molecular flexibility index (Phi) is 11.2. The summed E-state index contributed by atoms with van der Waals surface area (Å²) in [5.74, 6) is -0.0611. The van der Waals surface area contributed by atoms with E-state index in [0.717, 1.165) is 31.2 Å². The number of ether oxygens (including phenoxy) is 3. The van der Waals surface area contributed by atoms with E-state index in [-0.39, 0.29) is 11.9 Å². The first kappa shape index (κ1) is 19.7. The number of rotatable bonds is 13. The number of benzene rings is 1. The van der Waals surface area contributed by atoms with Crippen molar-refractivity contribution in [2.24, 2.45) is 5.92 Å². The first-order chi connectivity index (χ1) is 11.3. The summed E-state index contributed by atoms with van der Waals surface area (Å²) < 4.78 is 16.2. The average Bonchev–Trinajstić information content (AvgIpc) is 2.59. The summed E-state index contributed by atoms with van der Waals surface area (Å²) in [6, 6.07) is 10.0. The molecule has 0 saturated heterocycles. The smallest absolute Gasteiger partial charge is 0.308 e. The van der Waals surface area contributed by atoms with Gasteiger partial charge in [-0.25, -0.2) is 0 Å². The average molecular weight is 322 g/mol. The Morgan fingerprint density at radius 2 is 1.70 bits per heavy atom. The van der Waals surface area contributed by atoms with Crippen LogP contribution in [0.25, 0.3) is 0 Å². The van der Waals surface area contributed by atoms with Gasteiger partial charge >= 0.3 is 5.97 Å². The molecule has 0 fully saturated rings. The molecule has 0 saturated carbocycles. The predicted octanol–water partition coefficient (Wildman–Crippen LogP) is 3.98. The van der Waals surface area contributed by atoms with Crippen LogP contribution >= 0.6 is 0 Å². The molecule has 0 radical (unpaired) electrons. The molecule has 4 heteroatoms. The van der Waals surface area contributed by atoms with Gasteiger partial charge in [0.2, 0.25) is 0 Å². The maximum absolute atomic E-state index is 11.9. The molecule has 1 atom stereocenters. The van der Waals surface area contributed by atoms with Crippen molar-refractivity contribution in [3.8, 4) is 0 Å². The number of esters is 1. The van der Waals surface area contributed by atoms with Gasteiger partial charge in [-0.05, 0) is 18.4 Å². The van der Waals surface area contributed by atoms with Crippen LogP contribution in [0.5, 0.6) is 0 Å². The zero-order chi connectivity index (χ0) is 16.8. The summed E-state index contributed by atoms with van der Waals surface area (Å²) in [5, 5.41) is 0. The number of hydrogen-bond acceptors (Lipinski definition) is 4. The Bertz CT molecular complexity index is 405. The number of hydrogen-bond donors (Lipinski definition) is 0. The molecule has 0 amide bonds. The van der Waals surface area contributed by atoms with E-state index in [1.54, 1.807) is 0 Å². The highest BCUT2D eigenvalue weighted by molar-refractivity contribution is 5.72. The molecule has 0 aromatic heterocycles. The summed E-state index contributed by atoms with van der Waals surface area (Å²) >= 11 is 0. The van der Waals surface area contributed by atoms with Crippen molar-refractivity contribution in [3.05, 3.63) is 35.9 Å². The summed E-state index contributed by atoms with van der Waals surface area (Å²) in [5.41, 5.74) is 1.15. The van der Waals surface area contributed by atoms with Crippen molar-refractivity contribution in [2.45, 2.75) is 46.1 Å². The minimum atomic E-state index is -0.0927. The molecule has 130 valence electrons. The second kappa shape index (κ2) is 13.1. The van der Waals surface area contributed by atoms with E-state index >= 15 is 0 Å². The third kappa shape index (κ3) is 9.36. The van der Waals surface area contributed by atoms with Gasteiger partial charge in [-0.15, -0.1) is 0 Å². The Morgan fingerprint density at radius 3 is 2.39 bits per heavy atom. The van der Waals surface area contributed by atoms with E-state index < -0.39 is 0 Å². The minimum Gasteiger partial charge on any atom is -0.463 e. The summed E-state index contributed by atoms with van der Waals surface area (Å²) in [6.45, 7) is 6.54. The van der Waals surface area contributed by atoms with Crippen LogP contribution in [0, 0.1) is 5.92 Å². The molecule has 1 aromatic rings. The van der Waals surface area contributed by atoms with Gasteiger partial charge in [0.15, 0.2) is 0 Å². The van der Waals surface area contributed by atoms with Gasteiger partial charge in [0, 0.05) is 0 Å². The van der Waals surface area contributed by atoms with Gasteiger partial charge in [-0.2, -0.15) is 0 Å². The van der Waals surface area contributed by atoms with E-state index in [0.29, 0.717) is 33.0 Å². The molecule has 0 spiro atoms. The Hall–Kier alpha value is -1.39. The maximum atomic E-state index is 11.9. The van der Waals surface area contributed by atoms with Gasteiger partial charge in [0.25, 0.3) is 0 Å². The quantitative estimate of drug-likeness (QED) is 0.407. The van der Waals surface area contributed by atoms with E-state index in [2.05, 4.69) is 6.92 Å². The molecule has 0 aliphatic heterocycles. The summed E-state index contributed by atoms with van der Waals surface area (Å²) in [4.78, 5) is 11.9. The molecule has 1 aromatic carbocycles. The number of unbranched alkanes of at least 4 members (excludes halogenated alkanes) is 1. The van der Waals surface area contributed by atoms with Crippen LogP contribution in [0.3, 0.4) is 0 Å². The summed E-state index contributed by atoms with van der Waals surface area (Å²) in [7, 11) is 0. The molecule has 0 bridgehead atoms. The fourth-order valence-electron chi connectivity index (χ4n) is 2.24. The highest BCUT2D eigenvalue weighted by Gasteiger charge is 2.16. The van der Waals surface area contributed by atoms with Crippen LogP contribution in [0.15, 0.2) is 30.3 Å². The molecule has 4 nitrogen and oxygen atoms in total. The van der Waals surface area contributed by atoms with E-state index in [4.69, 9.17) is 14.2 Å². The SMILES string of the molecule is CCCCC(CC)C(=O)OCCOCCOCc1ccccc1.